The van der Waals surface area contributed by atoms with E-state index >= 15 is 0 Å². The molecule has 0 aliphatic heterocycles. The van der Waals surface area contributed by atoms with E-state index in [1.54, 1.807) is 0 Å². The second-order valence-corrected chi connectivity index (χ2v) is 10.8. The average molecular weight is 411 g/mol. The van der Waals surface area contributed by atoms with Crippen molar-refractivity contribution in [3.63, 3.8) is 0 Å². The quantitative estimate of drug-likeness (QED) is 0.341. The Morgan fingerprint density at radius 3 is 2.16 bits per heavy atom. The van der Waals surface area contributed by atoms with Gasteiger partial charge < -0.3 is 5.73 Å². The molecule has 0 saturated carbocycles. The fraction of sp³-hybridized carbons (Fsp3) is 0.167. The first kappa shape index (κ1) is 19.6. The topological polar surface area (TPSA) is 178 Å². The van der Waals surface area contributed by atoms with E-state index in [0.29, 0.717) is 5.39 Å². The molecule has 0 aromatic heterocycles. The Kier molecular flexibility index (Phi) is 5.09. The number of benzene rings is 2. The van der Waals surface area contributed by atoms with Crippen LogP contribution in [-0.4, -0.2) is 41.0 Å². The molecule has 13 heteroatoms. The van der Waals surface area contributed by atoms with Crippen molar-refractivity contribution in [1.29, 1.82) is 0 Å². The molecule has 25 heavy (non-hydrogen) atoms. The fourth-order valence-corrected chi connectivity index (χ4v) is 4.49. The highest BCUT2D eigenvalue weighted by Crippen LogP contribution is 2.30. The molecule has 0 saturated heterocycles. The van der Waals surface area contributed by atoms with Gasteiger partial charge in [-0.05, 0) is 35.6 Å². The van der Waals surface area contributed by atoms with E-state index in [0.717, 1.165) is 6.07 Å². The van der Waals surface area contributed by atoms with Gasteiger partial charge in [-0.15, -0.1) is 0 Å². The molecule has 0 atom stereocenters. The minimum Gasteiger partial charge on any atom is -0.399 e. The van der Waals surface area contributed by atoms with E-state index in [2.05, 4.69) is 4.18 Å². The van der Waals surface area contributed by atoms with E-state index in [9.17, 15) is 25.3 Å². The van der Waals surface area contributed by atoms with Crippen molar-refractivity contribution in [3.8, 4) is 0 Å². The molecule has 2 aromatic rings. The SMILES string of the molecule is Nc1ccc2cc(CCOS(=O)(=O)O)cc(S(=O)(=O)S(=O)(=O)O)c2c1. The van der Waals surface area contributed by atoms with E-state index in [1.165, 1.54) is 24.3 Å². The third kappa shape index (κ3) is 4.45. The van der Waals surface area contributed by atoms with Crippen LogP contribution in [0.3, 0.4) is 0 Å². The Balaban J connectivity index is 2.64. The van der Waals surface area contributed by atoms with Crippen LogP contribution in [0.2, 0.25) is 0 Å². The van der Waals surface area contributed by atoms with Crippen LogP contribution in [0, 0.1) is 0 Å². The Hall–Kier alpha value is -1.77. The van der Waals surface area contributed by atoms with E-state index in [1.807, 2.05) is 0 Å². The van der Waals surface area contributed by atoms with Crippen LogP contribution in [-0.2, 0) is 39.0 Å². The van der Waals surface area contributed by atoms with Crippen LogP contribution in [0.25, 0.3) is 10.8 Å². The molecule has 0 fully saturated rings. The Labute approximate surface area is 143 Å². The van der Waals surface area contributed by atoms with Crippen molar-refractivity contribution < 1.29 is 38.5 Å². The van der Waals surface area contributed by atoms with Crippen LogP contribution < -0.4 is 5.73 Å². The summed E-state index contributed by atoms with van der Waals surface area (Å²) in [6.45, 7) is -0.509. The van der Waals surface area contributed by atoms with Crippen molar-refractivity contribution in [3.05, 3.63) is 35.9 Å². The zero-order chi connectivity index (χ0) is 19.0. The lowest BCUT2D eigenvalue weighted by molar-refractivity contribution is 0.272. The maximum absolute atomic E-state index is 12.1. The minimum absolute atomic E-state index is 0.0305. The number of nitrogens with two attached hydrogens (primary N) is 1. The molecule has 0 aliphatic rings. The Morgan fingerprint density at radius 2 is 1.60 bits per heavy atom. The molecule has 2 rings (SSSR count). The molecule has 0 amide bonds. The summed E-state index contributed by atoms with van der Waals surface area (Å²) in [5, 5.41) is 0.262. The number of nitrogen functional groups attached to an aromatic ring is 1. The number of fused-ring (bicyclic) bond motifs is 1. The van der Waals surface area contributed by atoms with Crippen molar-refractivity contribution in [2.75, 3.05) is 12.3 Å². The summed E-state index contributed by atoms with van der Waals surface area (Å²) >= 11 is 0. The summed E-state index contributed by atoms with van der Waals surface area (Å²) in [4.78, 5) is -0.707. The molecule has 0 bridgehead atoms. The van der Waals surface area contributed by atoms with Gasteiger partial charge in [-0.3, -0.25) is 9.11 Å². The summed E-state index contributed by atoms with van der Waals surface area (Å²) < 4.78 is 89.5. The summed E-state index contributed by atoms with van der Waals surface area (Å²) in [5.74, 6) is 0. The van der Waals surface area contributed by atoms with Crippen molar-refractivity contribution in [1.82, 2.24) is 0 Å². The van der Waals surface area contributed by atoms with Crippen LogP contribution in [0.5, 0.6) is 0 Å². The third-order valence-electron chi connectivity index (χ3n) is 3.17. The highest BCUT2D eigenvalue weighted by atomic mass is 33.2. The van der Waals surface area contributed by atoms with Crippen LogP contribution >= 0.6 is 0 Å². The molecule has 0 radical (unpaired) electrons. The van der Waals surface area contributed by atoms with Crippen molar-refractivity contribution in [2.45, 2.75) is 11.3 Å². The van der Waals surface area contributed by atoms with Gasteiger partial charge in [-0.1, -0.05) is 12.1 Å². The van der Waals surface area contributed by atoms with E-state index < -0.39 is 39.9 Å². The molecule has 0 aliphatic carbocycles. The van der Waals surface area contributed by atoms with Crippen LogP contribution in [0.1, 0.15) is 5.56 Å². The van der Waals surface area contributed by atoms with Crippen LogP contribution in [0.4, 0.5) is 5.69 Å². The van der Waals surface area contributed by atoms with Gasteiger partial charge in [0.15, 0.2) is 0 Å². The van der Waals surface area contributed by atoms with E-state index in [4.69, 9.17) is 14.8 Å². The standard InChI is InChI=1S/C12H13NO9S3/c13-10-2-1-9-5-8(3-4-22-24(16,17)18)6-12(11(9)7-10)23(14,15)25(19,20)21/h1-2,5-7H,3-4,13H2,(H,16,17,18)(H,19,20,21). The number of hydrogen-bond acceptors (Lipinski definition) is 8. The molecule has 138 valence electrons. The van der Waals surface area contributed by atoms with Crippen molar-refractivity contribution in [2.24, 2.45) is 0 Å². The lowest BCUT2D eigenvalue weighted by atomic mass is 10.0. The second kappa shape index (κ2) is 6.51. The Bertz CT molecular complexity index is 1140. The highest BCUT2D eigenvalue weighted by Gasteiger charge is 2.31. The predicted molar refractivity (Wildman–Crippen MR) is 88.3 cm³/mol. The molecular formula is C12H13NO9S3. The van der Waals surface area contributed by atoms with Crippen LogP contribution in [0.15, 0.2) is 35.2 Å². The van der Waals surface area contributed by atoms with Gasteiger partial charge in [-0.2, -0.15) is 16.8 Å². The lowest BCUT2D eigenvalue weighted by Crippen LogP contribution is -2.15. The molecule has 10 nitrogen and oxygen atoms in total. The molecular weight excluding hydrogens is 398 g/mol. The third-order valence-corrected chi connectivity index (χ3v) is 7.27. The molecule has 2 aromatic carbocycles. The first-order chi connectivity index (χ1) is 11.3. The zero-order valence-electron chi connectivity index (χ0n) is 12.4. The van der Waals surface area contributed by atoms with Gasteiger partial charge in [0.1, 0.15) is 0 Å². The first-order valence-electron chi connectivity index (χ1n) is 6.48. The largest absolute Gasteiger partial charge is 0.399 e. The zero-order valence-corrected chi connectivity index (χ0v) is 14.8. The molecule has 0 spiro atoms. The smallest absolute Gasteiger partial charge is 0.397 e. The molecule has 4 N–H and O–H groups in total. The molecule has 0 unspecified atom stereocenters. The van der Waals surface area contributed by atoms with Crippen molar-refractivity contribution >= 4 is 44.9 Å². The summed E-state index contributed by atoms with van der Waals surface area (Å²) in [7, 11) is -15.3. The van der Waals surface area contributed by atoms with Gasteiger partial charge in [-0.25, -0.2) is 12.6 Å². The predicted octanol–water partition coefficient (Wildman–Crippen LogP) is 0.360. The van der Waals surface area contributed by atoms with Gasteiger partial charge in [0.2, 0.25) is 0 Å². The minimum atomic E-state index is -5.46. The fourth-order valence-electron chi connectivity index (χ4n) is 2.13. The number of rotatable bonds is 6. The Morgan fingerprint density at radius 1 is 0.960 bits per heavy atom. The number of anilines is 1. The van der Waals surface area contributed by atoms with Gasteiger partial charge in [0, 0.05) is 11.1 Å². The van der Waals surface area contributed by atoms with Gasteiger partial charge >= 0.3 is 28.4 Å². The van der Waals surface area contributed by atoms with E-state index in [-0.39, 0.29) is 23.1 Å². The molecule has 0 heterocycles. The summed E-state index contributed by atoms with van der Waals surface area (Å²) in [6, 6.07) is 6.53. The summed E-state index contributed by atoms with van der Waals surface area (Å²) in [5.41, 5.74) is 5.96. The monoisotopic (exact) mass is 411 g/mol. The lowest BCUT2D eigenvalue weighted by Gasteiger charge is -2.10. The highest BCUT2D eigenvalue weighted by molar-refractivity contribution is 8.65. The first-order valence-corrected chi connectivity index (χ1v) is 11.3. The number of hydrogen-bond donors (Lipinski definition) is 3. The van der Waals surface area contributed by atoms with Gasteiger partial charge in [0.05, 0.1) is 11.5 Å². The normalized spacial score (nSPS) is 13.2. The average Bonchev–Trinajstić information content (AvgIpc) is 2.44. The summed E-state index contributed by atoms with van der Waals surface area (Å²) in [6.07, 6.45) is -0.159. The van der Waals surface area contributed by atoms with Gasteiger partial charge in [0.25, 0.3) is 0 Å². The second-order valence-electron chi connectivity index (χ2n) is 4.96. The maximum atomic E-state index is 12.1. The maximum Gasteiger partial charge on any atom is 0.397 e.